The fourth-order valence-corrected chi connectivity index (χ4v) is 3.47. The van der Waals surface area contributed by atoms with Gasteiger partial charge in [-0.05, 0) is 46.3 Å². The molecule has 2 heterocycles. The number of carbonyl (C=O) groups is 1. The molecule has 28 heavy (non-hydrogen) atoms. The summed E-state index contributed by atoms with van der Waals surface area (Å²) < 4.78 is 14.7. The predicted octanol–water partition coefficient (Wildman–Crippen LogP) is 2.41. The average Bonchev–Trinajstić information content (AvgIpc) is 3.25. The molecular formula is C19H18ClFN6O. The zero-order chi connectivity index (χ0) is 19.5. The van der Waals surface area contributed by atoms with E-state index in [1.54, 1.807) is 18.2 Å². The normalized spacial score (nSPS) is 15.0. The molecule has 0 spiro atoms. The van der Waals surface area contributed by atoms with E-state index < -0.39 is 0 Å². The van der Waals surface area contributed by atoms with Crippen LogP contribution in [0.4, 0.5) is 4.39 Å². The molecule has 3 aromatic rings. The quantitative estimate of drug-likeness (QED) is 0.672. The van der Waals surface area contributed by atoms with Crippen molar-refractivity contribution in [2.45, 2.75) is 6.54 Å². The van der Waals surface area contributed by atoms with E-state index >= 15 is 0 Å². The highest BCUT2D eigenvalue weighted by molar-refractivity contribution is 6.31. The first-order valence-corrected chi connectivity index (χ1v) is 9.27. The summed E-state index contributed by atoms with van der Waals surface area (Å²) in [6.07, 6.45) is 1.49. The smallest absolute Gasteiger partial charge is 0.254 e. The van der Waals surface area contributed by atoms with Crippen LogP contribution >= 0.6 is 11.6 Å². The Hall–Kier alpha value is -2.84. The molecule has 1 saturated heterocycles. The molecule has 4 rings (SSSR count). The van der Waals surface area contributed by atoms with Crippen molar-refractivity contribution >= 4 is 17.5 Å². The van der Waals surface area contributed by atoms with Crippen LogP contribution in [-0.2, 0) is 6.54 Å². The molecule has 0 saturated carbocycles. The number of hydrogen-bond acceptors (Lipinski definition) is 5. The second kappa shape index (κ2) is 8.04. The maximum absolute atomic E-state index is 13.2. The Bertz CT molecular complexity index is 972. The van der Waals surface area contributed by atoms with E-state index in [0.717, 1.165) is 24.3 Å². The second-order valence-corrected chi connectivity index (χ2v) is 7.02. The first-order chi connectivity index (χ1) is 13.6. The summed E-state index contributed by atoms with van der Waals surface area (Å²) in [7, 11) is 0. The molecule has 9 heteroatoms. The van der Waals surface area contributed by atoms with Gasteiger partial charge in [-0.25, -0.2) is 9.07 Å². The molecule has 1 aliphatic heterocycles. The van der Waals surface area contributed by atoms with E-state index in [0.29, 0.717) is 30.2 Å². The van der Waals surface area contributed by atoms with Crippen molar-refractivity contribution in [3.8, 4) is 5.69 Å². The summed E-state index contributed by atoms with van der Waals surface area (Å²) in [4.78, 5) is 16.9. The Morgan fingerprint density at radius 3 is 2.64 bits per heavy atom. The van der Waals surface area contributed by atoms with Gasteiger partial charge in [0, 0.05) is 43.3 Å². The van der Waals surface area contributed by atoms with Crippen molar-refractivity contribution < 1.29 is 9.18 Å². The molecule has 0 aliphatic carbocycles. The van der Waals surface area contributed by atoms with Crippen LogP contribution in [0.25, 0.3) is 5.69 Å². The minimum Gasteiger partial charge on any atom is -0.336 e. The Morgan fingerprint density at radius 2 is 1.93 bits per heavy atom. The molecule has 0 N–H and O–H groups in total. The monoisotopic (exact) mass is 400 g/mol. The summed E-state index contributed by atoms with van der Waals surface area (Å²) in [6.45, 7) is 3.33. The fourth-order valence-electron chi connectivity index (χ4n) is 3.24. The number of halogens is 2. The number of hydrogen-bond donors (Lipinski definition) is 0. The number of carbonyl (C=O) groups excluding carboxylic acids is 1. The number of benzene rings is 2. The van der Waals surface area contributed by atoms with Crippen LogP contribution in [-0.4, -0.2) is 62.1 Å². The van der Waals surface area contributed by atoms with Crippen LogP contribution in [0, 0.1) is 5.82 Å². The summed E-state index contributed by atoms with van der Waals surface area (Å²) in [5, 5.41) is 11.5. The van der Waals surface area contributed by atoms with Gasteiger partial charge < -0.3 is 4.90 Å². The molecule has 0 unspecified atom stereocenters. The Morgan fingerprint density at radius 1 is 1.11 bits per heavy atom. The van der Waals surface area contributed by atoms with Gasteiger partial charge in [-0.15, -0.1) is 5.10 Å². The molecule has 1 amide bonds. The Kier molecular flexibility index (Phi) is 5.31. The first-order valence-electron chi connectivity index (χ1n) is 8.89. The van der Waals surface area contributed by atoms with Crippen molar-refractivity contribution in [3.05, 3.63) is 70.8 Å². The van der Waals surface area contributed by atoms with Crippen LogP contribution < -0.4 is 0 Å². The van der Waals surface area contributed by atoms with Crippen LogP contribution in [0.15, 0.2) is 48.8 Å². The molecular weight excluding hydrogens is 383 g/mol. The van der Waals surface area contributed by atoms with Gasteiger partial charge in [0.05, 0.1) is 5.69 Å². The van der Waals surface area contributed by atoms with Gasteiger partial charge in [-0.3, -0.25) is 9.69 Å². The third-order valence-electron chi connectivity index (χ3n) is 4.78. The van der Waals surface area contributed by atoms with Gasteiger partial charge >= 0.3 is 0 Å². The summed E-state index contributed by atoms with van der Waals surface area (Å²) in [5.74, 6) is -0.359. The van der Waals surface area contributed by atoms with Gasteiger partial charge in [-0.1, -0.05) is 23.7 Å². The number of tetrazole rings is 1. The number of rotatable bonds is 4. The standard InChI is InChI=1S/C19H18ClFN6O/c20-18-11-16(21)5-4-15(18)12-25-6-8-26(9-7-25)19(28)14-2-1-3-17(10-14)27-13-22-23-24-27/h1-5,10-11,13H,6-9,12H2. The summed E-state index contributed by atoms with van der Waals surface area (Å²) in [6, 6.07) is 11.7. The molecule has 1 aromatic heterocycles. The SMILES string of the molecule is O=C(c1cccc(-n2cnnn2)c1)N1CCN(Cc2ccc(F)cc2Cl)CC1. The van der Waals surface area contributed by atoms with E-state index in [1.807, 2.05) is 17.0 Å². The van der Waals surface area contributed by atoms with Crippen LogP contribution in [0.5, 0.6) is 0 Å². The van der Waals surface area contributed by atoms with Crippen molar-refractivity contribution in [1.82, 2.24) is 30.0 Å². The lowest BCUT2D eigenvalue weighted by molar-refractivity contribution is 0.0628. The van der Waals surface area contributed by atoms with Gasteiger partial charge in [0.15, 0.2) is 0 Å². The van der Waals surface area contributed by atoms with Crippen molar-refractivity contribution in [2.75, 3.05) is 26.2 Å². The van der Waals surface area contributed by atoms with Crippen molar-refractivity contribution in [2.24, 2.45) is 0 Å². The summed E-state index contributed by atoms with van der Waals surface area (Å²) in [5.41, 5.74) is 2.22. The maximum atomic E-state index is 13.2. The van der Waals surface area contributed by atoms with E-state index in [2.05, 4.69) is 20.4 Å². The maximum Gasteiger partial charge on any atom is 0.254 e. The average molecular weight is 401 g/mol. The highest BCUT2D eigenvalue weighted by Gasteiger charge is 2.23. The zero-order valence-electron chi connectivity index (χ0n) is 15.0. The molecule has 1 aliphatic rings. The number of aromatic nitrogens is 4. The third-order valence-corrected chi connectivity index (χ3v) is 5.13. The summed E-state index contributed by atoms with van der Waals surface area (Å²) >= 11 is 6.12. The van der Waals surface area contributed by atoms with Crippen LogP contribution in [0.1, 0.15) is 15.9 Å². The van der Waals surface area contributed by atoms with Crippen molar-refractivity contribution in [3.63, 3.8) is 0 Å². The van der Waals surface area contributed by atoms with E-state index in [4.69, 9.17) is 11.6 Å². The largest absolute Gasteiger partial charge is 0.336 e. The van der Waals surface area contributed by atoms with Gasteiger partial charge in [-0.2, -0.15) is 0 Å². The fraction of sp³-hybridized carbons (Fsp3) is 0.263. The molecule has 0 bridgehead atoms. The lowest BCUT2D eigenvalue weighted by Crippen LogP contribution is -2.48. The molecule has 7 nitrogen and oxygen atoms in total. The minimum absolute atomic E-state index is 0.0191. The molecule has 144 valence electrons. The topological polar surface area (TPSA) is 67.2 Å². The molecule has 1 fully saturated rings. The second-order valence-electron chi connectivity index (χ2n) is 6.61. The molecule has 2 aromatic carbocycles. The van der Waals surface area contributed by atoms with Crippen LogP contribution in [0.3, 0.4) is 0 Å². The van der Waals surface area contributed by atoms with Gasteiger partial charge in [0.1, 0.15) is 12.1 Å². The van der Waals surface area contributed by atoms with E-state index in [9.17, 15) is 9.18 Å². The lowest BCUT2D eigenvalue weighted by atomic mass is 10.1. The third kappa shape index (κ3) is 4.02. The highest BCUT2D eigenvalue weighted by Crippen LogP contribution is 2.20. The van der Waals surface area contributed by atoms with Crippen molar-refractivity contribution in [1.29, 1.82) is 0 Å². The van der Waals surface area contributed by atoms with E-state index in [1.165, 1.54) is 23.1 Å². The number of amides is 1. The highest BCUT2D eigenvalue weighted by atomic mass is 35.5. The van der Waals surface area contributed by atoms with Crippen LogP contribution in [0.2, 0.25) is 5.02 Å². The Labute approximate surface area is 166 Å². The number of piperazine rings is 1. The predicted molar refractivity (Wildman–Crippen MR) is 102 cm³/mol. The Balaban J connectivity index is 1.38. The minimum atomic E-state index is -0.340. The van der Waals surface area contributed by atoms with Gasteiger partial charge in [0.25, 0.3) is 5.91 Å². The zero-order valence-corrected chi connectivity index (χ0v) is 15.8. The van der Waals surface area contributed by atoms with Gasteiger partial charge in [0.2, 0.25) is 0 Å². The first kappa shape index (κ1) is 18.5. The lowest BCUT2D eigenvalue weighted by Gasteiger charge is -2.35. The van der Waals surface area contributed by atoms with E-state index in [-0.39, 0.29) is 11.7 Å². The molecule has 0 atom stereocenters. The number of nitrogens with zero attached hydrogens (tertiary/aromatic N) is 6. The molecule has 0 radical (unpaired) electrons.